The highest BCUT2D eigenvalue weighted by Crippen LogP contribution is 2.12. The van der Waals surface area contributed by atoms with Gasteiger partial charge in [-0.05, 0) is 48.6 Å². The minimum Gasteiger partial charge on any atom is -0.384 e. The summed E-state index contributed by atoms with van der Waals surface area (Å²) >= 11 is 0. The summed E-state index contributed by atoms with van der Waals surface area (Å²) in [4.78, 5) is 22.7. The summed E-state index contributed by atoms with van der Waals surface area (Å²) < 4.78 is 0. The Balaban J connectivity index is 1.48. The van der Waals surface area contributed by atoms with Crippen LogP contribution in [0.3, 0.4) is 0 Å². The molecule has 5 heteroatoms. The molecule has 2 heterocycles. The van der Waals surface area contributed by atoms with Crippen molar-refractivity contribution in [2.24, 2.45) is 0 Å². The number of pyridine rings is 2. The Hall–Kier alpha value is -3.21. The van der Waals surface area contributed by atoms with Crippen LogP contribution in [0.4, 0.5) is 5.69 Å². The van der Waals surface area contributed by atoms with Gasteiger partial charge in [0.25, 0.3) is 5.91 Å². The van der Waals surface area contributed by atoms with E-state index in [0.29, 0.717) is 12.1 Å². The van der Waals surface area contributed by atoms with E-state index >= 15 is 0 Å². The summed E-state index contributed by atoms with van der Waals surface area (Å²) in [6, 6.07) is 16.3. The van der Waals surface area contributed by atoms with Crippen LogP contribution in [0.5, 0.6) is 0 Å². The summed E-state index contributed by atoms with van der Waals surface area (Å²) in [7, 11) is 1.82. The van der Waals surface area contributed by atoms with Gasteiger partial charge in [0.15, 0.2) is 0 Å². The van der Waals surface area contributed by atoms with Gasteiger partial charge in [0.05, 0.1) is 11.3 Å². The maximum absolute atomic E-state index is 12.7. The van der Waals surface area contributed by atoms with Crippen molar-refractivity contribution in [1.29, 1.82) is 0 Å². The largest absolute Gasteiger partial charge is 0.384 e. The van der Waals surface area contributed by atoms with Crippen molar-refractivity contribution >= 4 is 11.6 Å². The van der Waals surface area contributed by atoms with Crippen molar-refractivity contribution in [1.82, 2.24) is 14.9 Å². The number of amides is 1. The number of hydrogen-bond acceptors (Lipinski definition) is 4. The first-order chi connectivity index (χ1) is 13.7. The molecule has 0 aliphatic rings. The Kier molecular flexibility index (Phi) is 7.13. The SMILES string of the molecule is CN(CCc1ccncc1)C(=O)c1cncc(NCCCc2ccccc2)c1. The van der Waals surface area contributed by atoms with Crippen molar-refractivity contribution in [3.63, 3.8) is 0 Å². The molecule has 0 saturated heterocycles. The molecular weight excluding hydrogens is 348 g/mol. The lowest BCUT2D eigenvalue weighted by Gasteiger charge is -2.17. The zero-order chi connectivity index (χ0) is 19.6. The number of nitrogens with one attached hydrogen (secondary N) is 1. The van der Waals surface area contributed by atoms with Crippen LogP contribution in [0.2, 0.25) is 0 Å². The predicted octanol–water partition coefficient (Wildman–Crippen LogP) is 3.84. The first-order valence-corrected chi connectivity index (χ1v) is 9.59. The monoisotopic (exact) mass is 374 g/mol. The number of carbonyl (C=O) groups excluding carboxylic acids is 1. The maximum Gasteiger partial charge on any atom is 0.255 e. The first-order valence-electron chi connectivity index (χ1n) is 9.59. The molecule has 0 unspecified atom stereocenters. The molecule has 3 rings (SSSR count). The molecule has 0 fully saturated rings. The molecule has 0 radical (unpaired) electrons. The maximum atomic E-state index is 12.7. The normalized spacial score (nSPS) is 10.5. The molecule has 144 valence electrons. The van der Waals surface area contributed by atoms with E-state index < -0.39 is 0 Å². The van der Waals surface area contributed by atoms with Crippen molar-refractivity contribution in [2.45, 2.75) is 19.3 Å². The highest BCUT2D eigenvalue weighted by molar-refractivity contribution is 5.94. The third-order valence-electron chi connectivity index (χ3n) is 4.63. The lowest BCUT2D eigenvalue weighted by molar-refractivity contribution is 0.0796. The Morgan fingerprint density at radius 2 is 1.71 bits per heavy atom. The van der Waals surface area contributed by atoms with Crippen LogP contribution in [-0.4, -0.2) is 40.9 Å². The number of likely N-dealkylation sites (N-methyl/N-ethyl adjacent to an activating group) is 1. The third-order valence-corrected chi connectivity index (χ3v) is 4.63. The predicted molar refractivity (Wildman–Crippen MR) is 112 cm³/mol. The van der Waals surface area contributed by atoms with Crippen molar-refractivity contribution in [3.8, 4) is 0 Å². The topological polar surface area (TPSA) is 58.1 Å². The first kappa shape index (κ1) is 19.5. The molecule has 0 bridgehead atoms. The van der Waals surface area contributed by atoms with Gasteiger partial charge in [-0.1, -0.05) is 30.3 Å². The van der Waals surface area contributed by atoms with Gasteiger partial charge in [0, 0.05) is 44.9 Å². The number of benzene rings is 1. The van der Waals surface area contributed by atoms with E-state index in [4.69, 9.17) is 0 Å². The average Bonchev–Trinajstić information content (AvgIpc) is 2.76. The van der Waals surface area contributed by atoms with E-state index in [-0.39, 0.29) is 5.91 Å². The Morgan fingerprint density at radius 3 is 2.50 bits per heavy atom. The van der Waals surface area contributed by atoms with Gasteiger partial charge < -0.3 is 10.2 Å². The van der Waals surface area contributed by atoms with Crippen LogP contribution in [-0.2, 0) is 12.8 Å². The van der Waals surface area contributed by atoms with Gasteiger partial charge in [-0.15, -0.1) is 0 Å². The average molecular weight is 374 g/mol. The van der Waals surface area contributed by atoms with Crippen molar-refractivity contribution < 1.29 is 4.79 Å². The molecule has 5 nitrogen and oxygen atoms in total. The molecule has 0 aliphatic carbocycles. The number of aromatic nitrogens is 2. The second kappa shape index (κ2) is 10.2. The number of aryl methyl sites for hydroxylation is 1. The van der Waals surface area contributed by atoms with Crippen molar-refractivity contribution in [3.05, 3.63) is 90.0 Å². The van der Waals surface area contributed by atoms with E-state index in [9.17, 15) is 4.79 Å². The number of hydrogen-bond donors (Lipinski definition) is 1. The van der Waals surface area contributed by atoms with Gasteiger partial charge in [0.1, 0.15) is 0 Å². The van der Waals surface area contributed by atoms with E-state index in [2.05, 4.69) is 39.6 Å². The second-order valence-corrected chi connectivity index (χ2v) is 6.81. The Morgan fingerprint density at radius 1 is 0.964 bits per heavy atom. The summed E-state index contributed by atoms with van der Waals surface area (Å²) in [5.41, 5.74) is 3.98. The van der Waals surface area contributed by atoms with Gasteiger partial charge in [-0.3, -0.25) is 14.8 Å². The zero-order valence-corrected chi connectivity index (χ0v) is 16.2. The fraction of sp³-hybridized carbons (Fsp3) is 0.261. The lowest BCUT2D eigenvalue weighted by Crippen LogP contribution is -2.29. The van der Waals surface area contributed by atoms with E-state index in [1.54, 1.807) is 29.7 Å². The summed E-state index contributed by atoms with van der Waals surface area (Å²) in [5.74, 6) is -0.0190. The van der Waals surface area contributed by atoms with E-state index in [0.717, 1.165) is 31.5 Å². The molecule has 0 atom stereocenters. The molecule has 0 spiro atoms. The van der Waals surface area contributed by atoms with Crippen LogP contribution in [0, 0.1) is 0 Å². The van der Waals surface area contributed by atoms with Gasteiger partial charge >= 0.3 is 0 Å². The van der Waals surface area contributed by atoms with Crippen LogP contribution < -0.4 is 5.32 Å². The molecule has 0 aliphatic heterocycles. The Bertz CT molecular complexity index is 868. The second-order valence-electron chi connectivity index (χ2n) is 6.81. The third kappa shape index (κ3) is 5.91. The molecule has 1 aromatic carbocycles. The molecule has 1 amide bonds. The molecule has 1 N–H and O–H groups in total. The van der Waals surface area contributed by atoms with Crippen molar-refractivity contribution in [2.75, 3.05) is 25.5 Å². The highest BCUT2D eigenvalue weighted by Gasteiger charge is 2.12. The van der Waals surface area contributed by atoms with Gasteiger partial charge in [-0.2, -0.15) is 0 Å². The fourth-order valence-corrected chi connectivity index (χ4v) is 2.99. The number of carbonyl (C=O) groups is 1. The smallest absolute Gasteiger partial charge is 0.255 e. The number of nitrogens with zero attached hydrogens (tertiary/aromatic N) is 3. The van der Waals surface area contributed by atoms with Crippen LogP contribution >= 0.6 is 0 Å². The highest BCUT2D eigenvalue weighted by atomic mass is 16.2. The minimum atomic E-state index is -0.0190. The Labute approximate surface area is 166 Å². The quantitative estimate of drug-likeness (QED) is 0.578. The molecule has 3 aromatic rings. The summed E-state index contributed by atoms with van der Waals surface area (Å²) in [6.07, 6.45) is 9.78. The molecule has 2 aromatic heterocycles. The summed E-state index contributed by atoms with van der Waals surface area (Å²) in [6.45, 7) is 1.49. The van der Waals surface area contributed by atoms with Gasteiger partial charge in [-0.25, -0.2) is 0 Å². The fourth-order valence-electron chi connectivity index (χ4n) is 2.99. The standard InChI is InChI=1S/C23H26N4O/c1-27(15-11-20-9-13-24-14-10-20)23(28)21-16-22(18-25-17-21)26-12-5-8-19-6-3-2-4-7-19/h2-4,6-7,9-10,13-14,16-18,26H,5,8,11-12,15H2,1H3. The number of rotatable bonds is 9. The number of anilines is 1. The minimum absolute atomic E-state index is 0.0190. The molecule has 28 heavy (non-hydrogen) atoms. The molecular formula is C23H26N4O. The zero-order valence-electron chi connectivity index (χ0n) is 16.2. The molecule has 0 saturated carbocycles. The summed E-state index contributed by atoms with van der Waals surface area (Å²) in [5, 5.41) is 3.37. The van der Waals surface area contributed by atoms with Crippen LogP contribution in [0.25, 0.3) is 0 Å². The van der Waals surface area contributed by atoms with E-state index in [1.165, 1.54) is 11.1 Å². The van der Waals surface area contributed by atoms with Gasteiger partial charge in [0.2, 0.25) is 0 Å². The lowest BCUT2D eigenvalue weighted by atomic mass is 10.1. The van der Waals surface area contributed by atoms with Crippen LogP contribution in [0.1, 0.15) is 27.9 Å². The van der Waals surface area contributed by atoms with Crippen LogP contribution in [0.15, 0.2) is 73.3 Å². The van der Waals surface area contributed by atoms with E-state index in [1.807, 2.05) is 31.3 Å².